The lowest BCUT2D eigenvalue weighted by molar-refractivity contribution is -0.132. The van der Waals surface area contributed by atoms with Gasteiger partial charge in [0.1, 0.15) is 5.82 Å². The second-order valence-electron chi connectivity index (χ2n) is 8.16. The number of sulfonamides is 1. The van der Waals surface area contributed by atoms with Crippen LogP contribution in [0, 0.1) is 18.7 Å². The number of amides is 1. The van der Waals surface area contributed by atoms with Gasteiger partial charge in [-0.2, -0.15) is 4.31 Å². The van der Waals surface area contributed by atoms with Crippen LogP contribution < -0.4 is 0 Å². The highest BCUT2D eigenvalue weighted by molar-refractivity contribution is 7.89. The van der Waals surface area contributed by atoms with Gasteiger partial charge in [0.15, 0.2) is 0 Å². The number of halogens is 1. The summed E-state index contributed by atoms with van der Waals surface area (Å²) in [7, 11) is -3.73. The van der Waals surface area contributed by atoms with Crippen molar-refractivity contribution in [3.8, 4) is 0 Å². The fourth-order valence-electron chi connectivity index (χ4n) is 3.94. The maximum Gasteiger partial charge on any atom is 0.243 e. The summed E-state index contributed by atoms with van der Waals surface area (Å²) in [5, 5.41) is 0. The van der Waals surface area contributed by atoms with E-state index in [1.807, 2.05) is 4.90 Å². The van der Waals surface area contributed by atoms with Crippen LogP contribution in [0.4, 0.5) is 4.39 Å². The van der Waals surface area contributed by atoms with E-state index in [1.165, 1.54) is 16.4 Å². The molecule has 1 amide bonds. The summed E-state index contributed by atoms with van der Waals surface area (Å²) < 4.78 is 40.8. The zero-order valence-corrected chi connectivity index (χ0v) is 17.7. The third-order valence-corrected chi connectivity index (χ3v) is 7.77. The van der Waals surface area contributed by atoms with E-state index in [1.54, 1.807) is 6.92 Å². The Morgan fingerprint density at radius 1 is 1.14 bits per heavy atom. The molecule has 6 nitrogen and oxygen atoms in total. The monoisotopic (exact) mass is 411 g/mol. The van der Waals surface area contributed by atoms with Crippen LogP contribution in [0.1, 0.15) is 32.3 Å². The number of hydrogen-bond donors (Lipinski definition) is 0. The Kier molecular flexibility index (Phi) is 6.41. The number of carbonyl (C=O) groups excluding carboxylic acids is 1. The van der Waals surface area contributed by atoms with Gasteiger partial charge < -0.3 is 4.90 Å². The number of carbonyl (C=O) groups is 1. The van der Waals surface area contributed by atoms with Crippen molar-refractivity contribution in [3.05, 3.63) is 29.6 Å². The van der Waals surface area contributed by atoms with E-state index in [0.717, 1.165) is 32.0 Å². The molecule has 0 aliphatic carbocycles. The van der Waals surface area contributed by atoms with E-state index in [-0.39, 0.29) is 16.8 Å². The number of piperazine rings is 1. The molecule has 0 radical (unpaired) electrons. The summed E-state index contributed by atoms with van der Waals surface area (Å²) in [6.45, 7) is 9.20. The largest absolute Gasteiger partial charge is 0.341 e. The second-order valence-corrected chi connectivity index (χ2v) is 10.1. The van der Waals surface area contributed by atoms with E-state index < -0.39 is 15.8 Å². The van der Waals surface area contributed by atoms with Crippen molar-refractivity contribution < 1.29 is 17.6 Å². The van der Waals surface area contributed by atoms with Crippen molar-refractivity contribution in [2.24, 2.45) is 5.92 Å². The summed E-state index contributed by atoms with van der Waals surface area (Å²) in [5.74, 6) is 0.172. The van der Waals surface area contributed by atoms with Crippen molar-refractivity contribution >= 4 is 15.9 Å². The fourth-order valence-corrected chi connectivity index (χ4v) is 5.60. The smallest absolute Gasteiger partial charge is 0.243 e. The summed E-state index contributed by atoms with van der Waals surface area (Å²) in [6.07, 6.45) is 1.80. The summed E-state index contributed by atoms with van der Waals surface area (Å²) in [5.41, 5.74) is 0.538. The molecule has 8 heteroatoms. The van der Waals surface area contributed by atoms with Crippen molar-refractivity contribution in [2.75, 3.05) is 39.3 Å². The Morgan fingerprint density at radius 2 is 1.82 bits per heavy atom. The van der Waals surface area contributed by atoms with Crippen LogP contribution in [-0.4, -0.2) is 73.7 Å². The molecule has 0 spiro atoms. The Balaban J connectivity index is 1.62. The number of benzene rings is 1. The minimum atomic E-state index is -3.73. The summed E-state index contributed by atoms with van der Waals surface area (Å²) in [6, 6.07) is 3.70. The third-order valence-electron chi connectivity index (χ3n) is 5.73. The van der Waals surface area contributed by atoms with Crippen LogP contribution in [0.25, 0.3) is 0 Å². The van der Waals surface area contributed by atoms with Crippen LogP contribution in [-0.2, 0) is 14.8 Å². The lowest BCUT2D eigenvalue weighted by Crippen LogP contribution is -2.53. The molecular weight excluding hydrogens is 381 g/mol. The van der Waals surface area contributed by atoms with Crippen LogP contribution in [0.15, 0.2) is 23.1 Å². The minimum absolute atomic E-state index is 0.0257. The summed E-state index contributed by atoms with van der Waals surface area (Å²) >= 11 is 0. The number of likely N-dealkylation sites (tertiary alicyclic amines) is 1. The first-order valence-electron chi connectivity index (χ1n) is 9.99. The third kappa shape index (κ3) is 4.39. The van der Waals surface area contributed by atoms with Gasteiger partial charge in [0, 0.05) is 39.3 Å². The van der Waals surface area contributed by atoms with Crippen molar-refractivity contribution in [1.29, 1.82) is 0 Å². The van der Waals surface area contributed by atoms with Crippen molar-refractivity contribution in [3.63, 3.8) is 0 Å². The van der Waals surface area contributed by atoms with E-state index in [0.29, 0.717) is 37.7 Å². The van der Waals surface area contributed by atoms with E-state index in [9.17, 15) is 17.6 Å². The predicted octanol–water partition coefficient (Wildman–Crippen LogP) is 2.09. The topological polar surface area (TPSA) is 60.9 Å². The van der Waals surface area contributed by atoms with Gasteiger partial charge in [0.2, 0.25) is 15.9 Å². The molecule has 3 rings (SSSR count). The fraction of sp³-hybridized carbons (Fsp3) is 0.650. The average molecular weight is 412 g/mol. The molecule has 0 bridgehead atoms. The molecule has 1 unspecified atom stereocenters. The maximum atomic E-state index is 13.6. The zero-order valence-electron chi connectivity index (χ0n) is 16.9. The van der Waals surface area contributed by atoms with Gasteiger partial charge in [0.25, 0.3) is 0 Å². The number of rotatable bonds is 6. The van der Waals surface area contributed by atoms with Gasteiger partial charge in [-0.1, -0.05) is 19.9 Å². The first-order valence-corrected chi connectivity index (χ1v) is 11.4. The van der Waals surface area contributed by atoms with Gasteiger partial charge in [0.05, 0.1) is 10.9 Å². The molecule has 2 fully saturated rings. The molecule has 0 saturated carbocycles. The van der Waals surface area contributed by atoms with Gasteiger partial charge in [-0.3, -0.25) is 9.69 Å². The lowest BCUT2D eigenvalue weighted by Gasteiger charge is -2.36. The molecule has 1 aromatic carbocycles. The van der Waals surface area contributed by atoms with E-state index in [4.69, 9.17) is 0 Å². The second kappa shape index (κ2) is 8.47. The van der Waals surface area contributed by atoms with Crippen molar-refractivity contribution in [2.45, 2.75) is 44.6 Å². The van der Waals surface area contributed by atoms with E-state index in [2.05, 4.69) is 18.7 Å². The minimum Gasteiger partial charge on any atom is -0.341 e. The molecule has 0 aromatic heterocycles. The highest BCUT2D eigenvalue weighted by Crippen LogP contribution is 2.25. The van der Waals surface area contributed by atoms with Crippen LogP contribution in [0.2, 0.25) is 0 Å². The standard InChI is InChI=1S/C20H30FN3O3S/c1-15(2)6-8-23-9-7-18(20(23)25)22-10-12-24(13-11-22)28(26,27)19-14-17(21)5-4-16(19)3/h4-5,14-15,18H,6-13H2,1-3H3. The highest BCUT2D eigenvalue weighted by atomic mass is 32.2. The maximum absolute atomic E-state index is 13.6. The number of aryl methyl sites for hydroxylation is 1. The average Bonchev–Trinajstić information content (AvgIpc) is 3.02. The van der Waals surface area contributed by atoms with Gasteiger partial charge in [-0.15, -0.1) is 0 Å². The van der Waals surface area contributed by atoms with E-state index >= 15 is 0 Å². The van der Waals surface area contributed by atoms with Gasteiger partial charge in [-0.05, 0) is 43.4 Å². The Morgan fingerprint density at radius 3 is 2.46 bits per heavy atom. The molecule has 1 atom stereocenters. The Labute approximate surface area is 167 Å². The molecule has 2 heterocycles. The molecule has 1 aromatic rings. The number of hydrogen-bond acceptors (Lipinski definition) is 4. The molecule has 156 valence electrons. The quantitative estimate of drug-likeness (QED) is 0.719. The van der Waals surface area contributed by atoms with Gasteiger partial charge >= 0.3 is 0 Å². The molecule has 28 heavy (non-hydrogen) atoms. The Hall–Kier alpha value is -1.51. The van der Waals surface area contributed by atoms with Gasteiger partial charge in [-0.25, -0.2) is 12.8 Å². The molecule has 2 aliphatic rings. The Bertz CT molecular complexity index is 820. The van der Waals surface area contributed by atoms with Crippen molar-refractivity contribution in [1.82, 2.24) is 14.1 Å². The SMILES string of the molecule is Cc1ccc(F)cc1S(=O)(=O)N1CCN(C2CCN(CCC(C)C)C2=O)CC1. The normalized spacial score (nSPS) is 22.4. The van der Waals surface area contributed by atoms with Crippen LogP contribution in [0.3, 0.4) is 0 Å². The molecule has 2 saturated heterocycles. The van der Waals surface area contributed by atoms with Crippen LogP contribution >= 0.6 is 0 Å². The van der Waals surface area contributed by atoms with Crippen LogP contribution in [0.5, 0.6) is 0 Å². The summed E-state index contributed by atoms with van der Waals surface area (Å²) in [4.78, 5) is 16.8. The predicted molar refractivity (Wildman–Crippen MR) is 106 cm³/mol. The lowest BCUT2D eigenvalue weighted by atomic mass is 10.1. The highest BCUT2D eigenvalue weighted by Gasteiger charge is 2.38. The first-order chi connectivity index (χ1) is 13.2. The zero-order chi connectivity index (χ0) is 20.5. The first kappa shape index (κ1) is 21.2. The molecule has 0 N–H and O–H groups in total. The molecule has 2 aliphatic heterocycles. The number of nitrogens with zero attached hydrogens (tertiary/aromatic N) is 3. The molecular formula is C20H30FN3O3S.